The Labute approximate surface area is 324 Å². The second-order valence-corrected chi connectivity index (χ2v) is 15.4. The predicted molar refractivity (Wildman–Crippen MR) is 203 cm³/mol. The van der Waals surface area contributed by atoms with E-state index in [4.69, 9.17) is 10.5 Å². The predicted octanol–water partition coefficient (Wildman–Crippen LogP) is 6.07. The zero-order chi connectivity index (χ0) is 39.8. The van der Waals surface area contributed by atoms with Crippen LogP contribution in [0.25, 0.3) is 10.6 Å². The Morgan fingerprint density at radius 1 is 1.00 bits per heavy atom. The molecule has 0 saturated carbocycles. The summed E-state index contributed by atoms with van der Waals surface area (Å²) >= 11 is 1.34. The van der Waals surface area contributed by atoms with Crippen molar-refractivity contribution in [2.75, 3.05) is 31.9 Å². The number of piperidine rings is 2. The van der Waals surface area contributed by atoms with E-state index in [9.17, 15) is 32.7 Å². The first-order valence-corrected chi connectivity index (χ1v) is 19.0. The normalized spacial score (nSPS) is 18.5. The van der Waals surface area contributed by atoms with Gasteiger partial charge in [-0.05, 0) is 69.0 Å². The summed E-state index contributed by atoms with van der Waals surface area (Å²) in [7, 11) is 0. The summed E-state index contributed by atoms with van der Waals surface area (Å²) < 4.78 is 46.0. The third-order valence-electron chi connectivity index (χ3n) is 10.5. The van der Waals surface area contributed by atoms with E-state index in [1.165, 1.54) is 23.5 Å². The summed E-state index contributed by atoms with van der Waals surface area (Å²) in [4.78, 5) is 58.5. The Hall–Kier alpha value is -5.61. The minimum absolute atomic E-state index is 0.0599. The van der Waals surface area contributed by atoms with E-state index in [1.54, 1.807) is 11.1 Å². The van der Waals surface area contributed by atoms with Crippen LogP contribution in [0.1, 0.15) is 57.4 Å². The molecule has 56 heavy (non-hydrogen) atoms. The zero-order valence-electron chi connectivity index (χ0n) is 30.7. The molecule has 0 aliphatic carbocycles. The van der Waals surface area contributed by atoms with E-state index in [0.717, 1.165) is 44.9 Å². The van der Waals surface area contributed by atoms with Crippen molar-refractivity contribution in [1.29, 1.82) is 0 Å². The van der Waals surface area contributed by atoms with E-state index in [0.29, 0.717) is 30.1 Å². The van der Waals surface area contributed by atoms with Crippen molar-refractivity contribution in [3.05, 3.63) is 117 Å². The van der Waals surface area contributed by atoms with Gasteiger partial charge in [0.1, 0.15) is 22.0 Å². The van der Waals surface area contributed by atoms with Gasteiger partial charge in [0.25, 0.3) is 11.5 Å². The lowest BCUT2D eigenvalue weighted by Gasteiger charge is -2.43. The molecule has 5 heterocycles. The molecule has 0 radical (unpaired) electrons. The van der Waals surface area contributed by atoms with Gasteiger partial charge in [-0.3, -0.25) is 23.9 Å². The average Bonchev–Trinajstić information content (AvgIpc) is 3.58. The number of benzene rings is 2. The fourth-order valence-corrected chi connectivity index (χ4v) is 8.34. The number of anilines is 1. The van der Waals surface area contributed by atoms with Gasteiger partial charge >= 0.3 is 6.18 Å². The highest BCUT2D eigenvalue weighted by Crippen LogP contribution is 2.38. The van der Waals surface area contributed by atoms with E-state index in [1.807, 2.05) is 61.2 Å². The fraction of sp³-hybridized carbons (Fsp3) is 0.350. The minimum atomic E-state index is -4.59. The van der Waals surface area contributed by atoms with Crippen LogP contribution in [0.4, 0.5) is 18.9 Å². The molecule has 0 unspecified atom stereocenters. The maximum atomic E-state index is 14.2. The number of pyridine rings is 1. The fourth-order valence-electron chi connectivity index (χ4n) is 7.31. The number of carbonyl (C=O) groups is 2. The van der Waals surface area contributed by atoms with E-state index in [-0.39, 0.29) is 61.8 Å². The number of aliphatic hydroxyl groups is 1. The van der Waals surface area contributed by atoms with E-state index in [2.05, 4.69) is 15.0 Å². The molecular formula is C40H40F3N7O5S. The van der Waals surface area contributed by atoms with Crippen LogP contribution in [0.5, 0.6) is 11.6 Å². The third-order valence-corrected chi connectivity index (χ3v) is 11.7. The minimum Gasteiger partial charge on any atom is -0.437 e. The zero-order valence-corrected chi connectivity index (χ0v) is 31.5. The number of aromatic nitrogens is 4. The lowest BCUT2D eigenvalue weighted by atomic mass is 9.79. The van der Waals surface area contributed by atoms with Crippen LogP contribution >= 0.6 is 11.3 Å². The van der Waals surface area contributed by atoms with Crippen LogP contribution < -0.4 is 16.0 Å². The molecular weight excluding hydrogens is 748 g/mol. The van der Waals surface area contributed by atoms with E-state index >= 15 is 0 Å². The molecule has 2 aliphatic rings. The smallest absolute Gasteiger partial charge is 0.416 e. The molecule has 5 aromatic rings. The van der Waals surface area contributed by atoms with Gasteiger partial charge in [-0.15, -0.1) is 11.3 Å². The largest absolute Gasteiger partial charge is 0.437 e. The summed E-state index contributed by atoms with van der Waals surface area (Å²) in [5.41, 5.74) is 5.88. The highest BCUT2D eigenvalue weighted by atomic mass is 32.1. The van der Waals surface area contributed by atoms with Gasteiger partial charge in [0, 0.05) is 55.5 Å². The Bertz CT molecular complexity index is 2290. The molecule has 292 valence electrons. The van der Waals surface area contributed by atoms with Crippen molar-refractivity contribution in [2.24, 2.45) is 5.92 Å². The number of thiazole rings is 1. The number of likely N-dealkylation sites (tertiary alicyclic amines) is 2. The SMILES string of the molecule is Cc1ccc(-c2nc(C)c(C(=O)N3CC[C@@H](C(=O)N4CCC(O)(Cn5cnc(Oc6cccc(C(F)(F)F)c6)c(N)c5=O)CC4)[C@H](c4ccccc4)C3)s2)cn1. The molecule has 3 N–H and O–H groups in total. The molecule has 0 bridgehead atoms. The van der Waals surface area contributed by atoms with Gasteiger partial charge in [-0.1, -0.05) is 36.4 Å². The first-order valence-electron chi connectivity index (χ1n) is 18.1. The van der Waals surface area contributed by atoms with Crippen molar-refractivity contribution >= 4 is 28.8 Å². The summed E-state index contributed by atoms with van der Waals surface area (Å²) in [6.45, 7) is 4.78. The number of carbonyl (C=O) groups excluding carboxylic acids is 2. The van der Waals surface area contributed by atoms with Crippen LogP contribution in [-0.4, -0.2) is 78.0 Å². The van der Waals surface area contributed by atoms with Gasteiger partial charge in [-0.25, -0.2) is 9.97 Å². The Balaban J connectivity index is 1.01. The number of amides is 2. The lowest BCUT2D eigenvalue weighted by Crippen LogP contribution is -2.53. The second-order valence-electron chi connectivity index (χ2n) is 14.4. The summed E-state index contributed by atoms with van der Waals surface area (Å²) in [6, 6.07) is 17.7. The summed E-state index contributed by atoms with van der Waals surface area (Å²) in [5, 5.41) is 12.3. The topological polar surface area (TPSA) is 157 Å². The number of nitrogen functional groups attached to an aromatic ring is 1. The quantitative estimate of drug-likeness (QED) is 0.191. The third kappa shape index (κ3) is 8.16. The maximum absolute atomic E-state index is 14.2. The number of nitrogens with two attached hydrogens (primary N) is 1. The molecule has 3 aromatic heterocycles. The van der Waals surface area contributed by atoms with Crippen molar-refractivity contribution in [3.8, 4) is 22.2 Å². The number of alkyl halides is 3. The van der Waals surface area contributed by atoms with Crippen LogP contribution in [0.2, 0.25) is 0 Å². The molecule has 2 atom stereocenters. The summed E-state index contributed by atoms with van der Waals surface area (Å²) in [6.07, 6.45) is -0.916. The second kappa shape index (κ2) is 15.5. The molecule has 2 aromatic carbocycles. The summed E-state index contributed by atoms with van der Waals surface area (Å²) in [5.74, 6) is -1.40. The number of rotatable bonds is 8. The van der Waals surface area contributed by atoms with Crippen LogP contribution in [0, 0.1) is 19.8 Å². The monoisotopic (exact) mass is 787 g/mol. The molecule has 2 fully saturated rings. The highest BCUT2D eigenvalue weighted by molar-refractivity contribution is 7.17. The number of halogens is 3. The number of hydrogen-bond acceptors (Lipinski definition) is 10. The van der Waals surface area contributed by atoms with Crippen molar-refractivity contribution in [3.63, 3.8) is 0 Å². The maximum Gasteiger partial charge on any atom is 0.416 e. The van der Waals surface area contributed by atoms with Gasteiger partial charge < -0.3 is 25.4 Å². The van der Waals surface area contributed by atoms with Crippen LogP contribution in [0.15, 0.2) is 84.0 Å². The number of nitrogens with zero attached hydrogens (tertiary/aromatic N) is 6. The van der Waals surface area contributed by atoms with Gasteiger partial charge in [-0.2, -0.15) is 13.2 Å². The number of ether oxygens (including phenoxy) is 1. The number of hydrogen-bond donors (Lipinski definition) is 2. The Kier molecular flexibility index (Phi) is 10.7. The first kappa shape index (κ1) is 38.7. The van der Waals surface area contributed by atoms with Gasteiger partial charge in [0.15, 0.2) is 5.69 Å². The lowest BCUT2D eigenvalue weighted by molar-refractivity contribution is -0.142. The van der Waals surface area contributed by atoms with Crippen LogP contribution in [0.3, 0.4) is 0 Å². The Morgan fingerprint density at radius 2 is 1.75 bits per heavy atom. The molecule has 2 aliphatic heterocycles. The molecule has 7 rings (SSSR count). The molecule has 2 saturated heterocycles. The highest BCUT2D eigenvalue weighted by Gasteiger charge is 2.42. The Morgan fingerprint density at radius 3 is 2.45 bits per heavy atom. The van der Waals surface area contributed by atoms with Crippen molar-refractivity contribution < 1.29 is 32.6 Å². The van der Waals surface area contributed by atoms with Gasteiger partial charge in [0.05, 0.1) is 23.4 Å². The van der Waals surface area contributed by atoms with Crippen molar-refractivity contribution in [1.82, 2.24) is 29.3 Å². The van der Waals surface area contributed by atoms with Crippen LogP contribution in [-0.2, 0) is 17.5 Å². The molecule has 12 nitrogen and oxygen atoms in total. The molecule has 16 heteroatoms. The van der Waals surface area contributed by atoms with E-state index < -0.39 is 34.5 Å². The van der Waals surface area contributed by atoms with Crippen molar-refractivity contribution in [2.45, 2.75) is 57.3 Å². The van der Waals surface area contributed by atoms with Gasteiger partial charge in [0.2, 0.25) is 11.8 Å². The molecule has 2 amide bonds. The average molecular weight is 788 g/mol. The first-order chi connectivity index (χ1) is 26.7. The molecule has 0 spiro atoms. The standard InChI is InChI=1S/C40H40F3N7O5S/c1-24-11-12-27(20-45-24)35-47-25(2)33(56-35)38(53)49-16-13-30(31(21-49)26-7-4-3-5-8-26)36(51)48-17-14-39(54,15-18-48)22-50-23-46-34(32(44)37(50)52)55-29-10-6-9-28(19-29)40(41,42)43/h3-12,19-20,23,30-31,54H,13-18,21-22,44H2,1-2H3/t30-,31+/m1/s1. The number of aryl methyl sites for hydroxylation is 2.